The monoisotopic (exact) mass is 304 g/mol. The summed E-state index contributed by atoms with van der Waals surface area (Å²) < 4.78 is 0. The van der Waals surface area contributed by atoms with Crippen molar-refractivity contribution < 1.29 is 0 Å². The van der Waals surface area contributed by atoms with E-state index in [2.05, 4.69) is 13.0 Å². The van der Waals surface area contributed by atoms with E-state index in [-0.39, 0.29) is 5.38 Å². The van der Waals surface area contributed by atoms with Crippen molar-refractivity contribution in [2.45, 2.75) is 44.4 Å². The molecule has 1 saturated carbocycles. The molecule has 2 rings (SSSR count). The SMILES string of the molecule is CCC1CCC(Cl)C(Cc2cccc(Cl)c2Cl)C1. The minimum atomic E-state index is 0.280. The molecule has 0 bridgehead atoms. The van der Waals surface area contributed by atoms with Crippen molar-refractivity contribution in [2.24, 2.45) is 11.8 Å². The van der Waals surface area contributed by atoms with Crippen LogP contribution in [0.1, 0.15) is 38.2 Å². The van der Waals surface area contributed by atoms with Crippen LogP contribution in [-0.4, -0.2) is 5.38 Å². The van der Waals surface area contributed by atoms with E-state index in [9.17, 15) is 0 Å². The molecule has 1 aromatic rings. The molecule has 3 heteroatoms. The molecule has 1 aliphatic carbocycles. The van der Waals surface area contributed by atoms with E-state index in [1.165, 1.54) is 19.3 Å². The average molecular weight is 306 g/mol. The van der Waals surface area contributed by atoms with Crippen LogP contribution < -0.4 is 0 Å². The molecule has 0 aromatic heterocycles. The summed E-state index contributed by atoms with van der Waals surface area (Å²) >= 11 is 18.8. The van der Waals surface area contributed by atoms with Gasteiger partial charge in [-0.25, -0.2) is 0 Å². The first-order valence-corrected chi connectivity index (χ1v) is 7.88. The highest BCUT2D eigenvalue weighted by molar-refractivity contribution is 6.42. The zero-order valence-electron chi connectivity index (χ0n) is 10.6. The van der Waals surface area contributed by atoms with E-state index in [4.69, 9.17) is 34.8 Å². The van der Waals surface area contributed by atoms with Gasteiger partial charge in [0.25, 0.3) is 0 Å². The Kier molecular flexibility index (Phi) is 5.24. The number of hydrogen-bond acceptors (Lipinski definition) is 0. The van der Waals surface area contributed by atoms with Gasteiger partial charge in [-0.1, -0.05) is 48.7 Å². The molecular weight excluding hydrogens is 287 g/mol. The van der Waals surface area contributed by atoms with Gasteiger partial charge in [0.1, 0.15) is 0 Å². The van der Waals surface area contributed by atoms with Crippen LogP contribution in [0.2, 0.25) is 10.0 Å². The van der Waals surface area contributed by atoms with Gasteiger partial charge in [-0.05, 0) is 49.1 Å². The molecule has 0 radical (unpaired) electrons. The summed E-state index contributed by atoms with van der Waals surface area (Å²) in [6, 6.07) is 5.86. The number of hydrogen-bond donors (Lipinski definition) is 0. The van der Waals surface area contributed by atoms with Gasteiger partial charge in [0, 0.05) is 5.38 Å². The average Bonchev–Trinajstić information content (AvgIpc) is 2.37. The topological polar surface area (TPSA) is 0 Å². The third-order valence-electron chi connectivity index (χ3n) is 4.09. The van der Waals surface area contributed by atoms with Crippen LogP contribution in [0.25, 0.3) is 0 Å². The molecule has 0 amide bonds. The number of benzene rings is 1. The first-order chi connectivity index (χ1) is 8.61. The maximum atomic E-state index is 6.47. The van der Waals surface area contributed by atoms with E-state index < -0.39 is 0 Å². The first kappa shape index (κ1) is 14.5. The Morgan fingerprint density at radius 1 is 1.22 bits per heavy atom. The molecule has 0 spiro atoms. The van der Waals surface area contributed by atoms with E-state index in [1.54, 1.807) is 0 Å². The van der Waals surface area contributed by atoms with Gasteiger partial charge in [0.05, 0.1) is 10.0 Å². The predicted molar refractivity (Wildman–Crippen MR) is 80.9 cm³/mol. The van der Waals surface area contributed by atoms with E-state index >= 15 is 0 Å². The van der Waals surface area contributed by atoms with E-state index in [0.29, 0.717) is 16.0 Å². The lowest BCUT2D eigenvalue weighted by Crippen LogP contribution is -2.27. The Morgan fingerprint density at radius 2 is 2.00 bits per heavy atom. The third kappa shape index (κ3) is 3.35. The Morgan fingerprint density at radius 3 is 2.72 bits per heavy atom. The fourth-order valence-electron chi connectivity index (χ4n) is 2.89. The number of alkyl halides is 1. The van der Waals surface area contributed by atoms with Gasteiger partial charge in [-0.2, -0.15) is 0 Å². The summed E-state index contributed by atoms with van der Waals surface area (Å²) in [7, 11) is 0. The summed E-state index contributed by atoms with van der Waals surface area (Å²) in [4.78, 5) is 0. The summed E-state index contributed by atoms with van der Waals surface area (Å²) in [5.41, 5.74) is 1.14. The molecule has 0 heterocycles. The normalized spacial score (nSPS) is 28.3. The fourth-order valence-corrected chi connectivity index (χ4v) is 3.61. The molecule has 100 valence electrons. The number of rotatable bonds is 3. The highest BCUT2D eigenvalue weighted by atomic mass is 35.5. The van der Waals surface area contributed by atoms with E-state index in [1.807, 2.05) is 12.1 Å². The second-order valence-corrected chi connectivity index (χ2v) is 6.63. The lowest BCUT2D eigenvalue weighted by Gasteiger charge is -2.32. The minimum Gasteiger partial charge on any atom is -0.123 e. The van der Waals surface area contributed by atoms with Crippen molar-refractivity contribution in [1.29, 1.82) is 0 Å². The standard InChI is InChI=1S/C15H19Cl3/c1-2-10-6-7-13(16)12(8-10)9-11-4-3-5-14(17)15(11)18/h3-5,10,12-13H,2,6-9H2,1H3. The molecule has 3 atom stereocenters. The second kappa shape index (κ2) is 6.50. The zero-order valence-corrected chi connectivity index (χ0v) is 12.9. The Balaban J connectivity index is 2.09. The summed E-state index contributed by atoms with van der Waals surface area (Å²) in [6.07, 6.45) is 5.81. The van der Waals surface area contributed by atoms with Crippen molar-refractivity contribution in [3.05, 3.63) is 33.8 Å². The first-order valence-electron chi connectivity index (χ1n) is 6.68. The summed E-state index contributed by atoms with van der Waals surface area (Å²) in [5, 5.41) is 1.62. The van der Waals surface area contributed by atoms with E-state index in [0.717, 1.165) is 24.3 Å². The molecule has 18 heavy (non-hydrogen) atoms. The van der Waals surface area contributed by atoms with Gasteiger partial charge < -0.3 is 0 Å². The molecule has 1 aliphatic rings. The van der Waals surface area contributed by atoms with Crippen LogP contribution in [0, 0.1) is 11.8 Å². The van der Waals surface area contributed by atoms with Gasteiger partial charge in [0.15, 0.2) is 0 Å². The molecule has 0 N–H and O–H groups in total. The van der Waals surface area contributed by atoms with Crippen LogP contribution >= 0.6 is 34.8 Å². The van der Waals surface area contributed by atoms with Gasteiger partial charge in [-0.3, -0.25) is 0 Å². The van der Waals surface area contributed by atoms with Crippen molar-refractivity contribution in [1.82, 2.24) is 0 Å². The van der Waals surface area contributed by atoms with Crippen LogP contribution in [0.5, 0.6) is 0 Å². The van der Waals surface area contributed by atoms with Gasteiger partial charge in [0.2, 0.25) is 0 Å². The molecule has 1 aromatic carbocycles. The maximum absolute atomic E-state index is 6.47. The molecular formula is C15H19Cl3. The highest BCUT2D eigenvalue weighted by Crippen LogP contribution is 2.38. The lowest BCUT2D eigenvalue weighted by molar-refractivity contribution is 0.265. The smallest absolute Gasteiger partial charge is 0.0624 e. The zero-order chi connectivity index (χ0) is 13.1. The van der Waals surface area contributed by atoms with Crippen molar-refractivity contribution in [2.75, 3.05) is 0 Å². The van der Waals surface area contributed by atoms with Crippen LogP contribution in [0.15, 0.2) is 18.2 Å². The van der Waals surface area contributed by atoms with Crippen LogP contribution in [0.3, 0.4) is 0 Å². The lowest BCUT2D eigenvalue weighted by atomic mass is 9.77. The highest BCUT2D eigenvalue weighted by Gasteiger charge is 2.28. The van der Waals surface area contributed by atoms with Crippen LogP contribution in [-0.2, 0) is 6.42 Å². The Bertz CT molecular complexity index is 403. The summed E-state index contributed by atoms with van der Waals surface area (Å²) in [6.45, 7) is 2.27. The Labute approximate surface area is 125 Å². The Hall–Kier alpha value is 0.0900. The molecule has 0 aliphatic heterocycles. The van der Waals surface area contributed by atoms with Gasteiger partial charge >= 0.3 is 0 Å². The number of halogens is 3. The van der Waals surface area contributed by atoms with Gasteiger partial charge in [-0.15, -0.1) is 11.6 Å². The third-order valence-corrected chi connectivity index (χ3v) is 5.52. The molecule has 1 fully saturated rings. The fraction of sp³-hybridized carbons (Fsp3) is 0.600. The maximum Gasteiger partial charge on any atom is 0.0624 e. The quantitative estimate of drug-likeness (QED) is 0.603. The van der Waals surface area contributed by atoms with Crippen molar-refractivity contribution >= 4 is 34.8 Å². The van der Waals surface area contributed by atoms with Crippen molar-refractivity contribution in [3.63, 3.8) is 0 Å². The molecule has 0 saturated heterocycles. The van der Waals surface area contributed by atoms with Crippen LogP contribution in [0.4, 0.5) is 0 Å². The largest absolute Gasteiger partial charge is 0.123 e. The predicted octanol–water partition coefficient (Wildman–Crippen LogP) is 5.97. The summed E-state index contributed by atoms with van der Waals surface area (Å²) in [5.74, 6) is 1.35. The minimum absolute atomic E-state index is 0.280. The second-order valence-electron chi connectivity index (χ2n) is 5.28. The molecule has 3 unspecified atom stereocenters. The van der Waals surface area contributed by atoms with Crippen molar-refractivity contribution in [3.8, 4) is 0 Å². The molecule has 0 nitrogen and oxygen atoms in total.